The van der Waals surface area contributed by atoms with Crippen molar-refractivity contribution in [3.05, 3.63) is 77.2 Å². The Morgan fingerprint density at radius 3 is 2.46 bits per heavy atom. The number of primary amides is 1. The minimum absolute atomic E-state index is 0.0223. The number of aliphatic hydroxyl groups excluding tert-OH is 1. The number of benzene rings is 2. The number of anilines is 1. The fourth-order valence-electron chi connectivity index (χ4n) is 3.50. The molecule has 5 amide bonds. The van der Waals surface area contributed by atoms with Gasteiger partial charge in [0.1, 0.15) is 11.4 Å². The second-order valence-electron chi connectivity index (χ2n) is 7.99. The molecule has 1 saturated heterocycles. The van der Waals surface area contributed by atoms with Crippen LogP contribution in [0.5, 0.6) is 11.6 Å². The molecular formula is C24H24ClN7O5. The minimum atomic E-state index is -0.847. The number of nitrogens with two attached hydrogens (primary N) is 1. The summed E-state index contributed by atoms with van der Waals surface area (Å²) in [5.41, 5.74) is 6.60. The summed E-state index contributed by atoms with van der Waals surface area (Å²) < 4.78 is 5.63. The predicted molar refractivity (Wildman–Crippen MR) is 134 cm³/mol. The van der Waals surface area contributed by atoms with E-state index in [0.717, 1.165) is 10.5 Å². The number of hydrogen-bond acceptors (Lipinski definition) is 8. The second-order valence-corrected chi connectivity index (χ2v) is 8.43. The standard InChI is InChI=1S/C24H24ClN7O5/c25-16-4-2-15(3-5-16)14-32-22(30-23(35)31(24(32)36)10-1-11-33)29-17-6-8-18(9-7-17)37-20-13-27-19(12-28-20)21(26)34/h2-9,12-13,22,29,33H,1,10-11,14H2,(H2,26,34)(H,30,35). The molecule has 2 heterocycles. The van der Waals surface area contributed by atoms with Gasteiger partial charge in [-0.2, -0.15) is 0 Å². The number of halogens is 1. The molecule has 4 rings (SSSR count). The maximum atomic E-state index is 13.2. The lowest BCUT2D eigenvalue weighted by Gasteiger charge is -2.41. The van der Waals surface area contributed by atoms with Gasteiger partial charge in [0.2, 0.25) is 5.88 Å². The molecule has 0 spiro atoms. The maximum absolute atomic E-state index is 13.2. The largest absolute Gasteiger partial charge is 0.438 e. The van der Waals surface area contributed by atoms with Gasteiger partial charge in [-0.25, -0.2) is 24.5 Å². The van der Waals surface area contributed by atoms with Gasteiger partial charge in [0.25, 0.3) is 5.91 Å². The predicted octanol–water partition coefficient (Wildman–Crippen LogP) is 2.75. The number of imide groups is 1. The number of amides is 5. The summed E-state index contributed by atoms with van der Waals surface area (Å²) >= 11 is 5.98. The molecule has 0 radical (unpaired) electrons. The van der Waals surface area contributed by atoms with Crippen LogP contribution in [-0.2, 0) is 6.54 Å². The molecule has 0 aliphatic carbocycles. The third kappa shape index (κ3) is 6.42. The molecule has 1 atom stereocenters. The summed E-state index contributed by atoms with van der Waals surface area (Å²) in [5.74, 6) is -0.0685. The van der Waals surface area contributed by atoms with E-state index >= 15 is 0 Å². The van der Waals surface area contributed by atoms with Crippen molar-refractivity contribution in [1.82, 2.24) is 25.1 Å². The van der Waals surface area contributed by atoms with Crippen LogP contribution < -0.4 is 21.1 Å². The molecule has 1 fully saturated rings. The highest BCUT2D eigenvalue weighted by atomic mass is 35.5. The average Bonchev–Trinajstić information content (AvgIpc) is 2.89. The van der Waals surface area contributed by atoms with Crippen LogP contribution in [0.15, 0.2) is 60.9 Å². The van der Waals surface area contributed by atoms with Gasteiger partial charge in [0.05, 0.1) is 18.9 Å². The third-order valence-corrected chi connectivity index (χ3v) is 5.61. The van der Waals surface area contributed by atoms with Crippen molar-refractivity contribution in [2.24, 2.45) is 5.73 Å². The van der Waals surface area contributed by atoms with E-state index in [9.17, 15) is 14.4 Å². The van der Waals surface area contributed by atoms with Crippen LogP contribution >= 0.6 is 11.6 Å². The van der Waals surface area contributed by atoms with Crippen LogP contribution in [0.4, 0.5) is 15.3 Å². The monoisotopic (exact) mass is 525 g/mol. The number of hydrogen-bond donors (Lipinski definition) is 4. The molecule has 1 aliphatic rings. The van der Waals surface area contributed by atoms with Gasteiger partial charge < -0.3 is 20.9 Å². The molecule has 2 aromatic carbocycles. The first kappa shape index (κ1) is 25.7. The zero-order valence-electron chi connectivity index (χ0n) is 19.5. The summed E-state index contributed by atoms with van der Waals surface area (Å²) in [6.07, 6.45) is 1.92. The number of aliphatic hydroxyl groups is 1. The van der Waals surface area contributed by atoms with Gasteiger partial charge in [0, 0.05) is 23.9 Å². The number of rotatable bonds is 10. The minimum Gasteiger partial charge on any atom is -0.438 e. The molecule has 1 aromatic heterocycles. The van der Waals surface area contributed by atoms with Crippen LogP contribution in [-0.4, -0.2) is 62.3 Å². The van der Waals surface area contributed by atoms with E-state index in [0.29, 0.717) is 16.5 Å². The van der Waals surface area contributed by atoms with Crippen molar-refractivity contribution in [3.8, 4) is 11.6 Å². The number of carbonyl (C=O) groups is 3. The van der Waals surface area contributed by atoms with Crippen LogP contribution in [0.1, 0.15) is 22.5 Å². The maximum Gasteiger partial charge on any atom is 0.331 e. The first-order valence-electron chi connectivity index (χ1n) is 11.2. The molecule has 5 N–H and O–H groups in total. The van der Waals surface area contributed by atoms with E-state index in [4.69, 9.17) is 27.2 Å². The number of nitrogens with one attached hydrogen (secondary N) is 2. The Bertz CT molecular complexity index is 1260. The number of ether oxygens (including phenoxy) is 1. The van der Waals surface area contributed by atoms with Crippen LogP contribution in [0.2, 0.25) is 5.02 Å². The number of aromatic nitrogens is 2. The Hall–Kier alpha value is -4.42. The van der Waals surface area contributed by atoms with Crippen LogP contribution in [0.25, 0.3) is 0 Å². The SMILES string of the molecule is NC(=O)c1cnc(Oc2ccc(NC3NC(=O)N(CCCO)C(=O)N3Cc3ccc(Cl)cc3)cc2)cn1. The molecule has 1 aliphatic heterocycles. The van der Waals surface area contributed by atoms with Gasteiger partial charge >= 0.3 is 12.1 Å². The highest BCUT2D eigenvalue weighted by Gasteiger charge is 2.38. The first-order valence-corrected chi connectivity index (χ1v) is 11.6. The van der Waals surface area contributed by atoms with Crippen molar-refractivity contribution in [1.29, 1.82) is 0 Å². The molecule has 37 heavy (non-hydrogen) atoms. The molecular weight excluding hydrogens is 502 g/mol. The zero-order chi connectivity index (χ0) is 26.4. The molecule has 3 aromatic rings. The Balaban J connectivity index is 1.48. The van der Waals surface area contributed by atoms with E-state index in [2.05, 4.69) is 20.6 Å². The topological polar surface area (TPSA) is 163 Å². The lowest BCUT2D eigenvalue weighted by Crippen LogP contribution is -2.67. The first-order chi connectivity index (χ1) is 17.8. The summed E-state index contributed by atoms with van der Waals surface area (Å²) in [6.45, 7) is 0.135. The lowest BCUT2D eigenvalue weighted by atomic mass is 10.2. The van der Waals surface area contributed by atoms with Gasteiger partial charge in [0.15, 0.2) is 6.29 Å². The van der Waals surface area contributed by atoms with Crippen molar-refractivity contribution >= 4 is 35.3 Å². The quantitative estimate of drug-likeness (QED) is 0.314. The van der Waals surface area contributed by atoms with Gasteiger partial charge in [-0.3, -0.25) is 15.0 Å². The smallest absolute Gasteiger partial charge is 0.331 e. The Morgan fingerprint density at radius 1 is 1.11 bits per heavy atom. The summed E-state index contributed by atoms with van der Waals surface area (Å²) in [7, 11) is 0. The molecule has 192 valence electrons. The van der Waals surface area contributed by atoms with Crippen molar-refractivity contribution in [2.45, 2.75) is 19.3 Å². The Labute approximate surface area is 217 Å². The fraction of sp³-hybridized carbons (Fsp3) is 0.208. The molecule has 12 nitrogen and oxygen atoms in total. The summed E-state index contributed by atoms with van der Waals surface area (Å²) in [4.78, 5) is 47.4. The van der Waals surface area contributed by atoms with Crippen molar-refractivity contribution in [2.75, 3.05) is 18.5 Å². The summed E-state index contributed by atoms with van der Waals surface area (Å²) in [5, 5.41) is 15.7. The normalized spacial score (nSPS) is 15.4. The van der Waals surface area contributed by atoms with E-state index in [1.165, 1.54) is 17.3 Å². The average molecular weight is 526 g/mol. The fourth-order valence-corrected chi connectivity index (χ4v) is 3.63. The Morgan fingerprint density at radius 2 is 1.84 bits per heavy atom. The van der Waals surface area contributed by atoms with E-state index < -0.39 is 24.3 Å². The number of nitrogens with zero attached hydrogens (tertiary/aromatic N) is 4. The molecule has 13 heteroatoms. The van der Waals surface area contributed by atoms with Gasteiger partial charge in [-0.1, -0.05) is 23.7 Å². The van der Waals surface area contributed by atoms with Crippen LogP contribution in [0.3, 0.4) is 0 Å². The number of urea groups is 2. The number of carbonyl (C=O) groups excluding carboxylic acids is 3. The van der Waals surface area contributed by atoms with Crippen LogP contribution in [0, 0.1) is 0 Å². The van der Waals surface area contributed by atoms with Crippen molar-refractivity contribution < 1.29 is 24.2 Å². The van der Waals surface area contributed by atoms with E-state index in [1.54, 1.807) is 48.5 Å². The molecule has 1 unspecified atom stereocenters. The third-order valence-electron chi connectivity index (χ3n) is 5.36. The highest BCUT2D eigenvalue weighted by molar-refractivity contribution is 6.30. The Kier molecular flexibility index (Phi) is 8.01. The highest BCUT2D eigenvalue weighted by Crippen LogP contribution is 2.23. The lowest BCUT2D eigenvalue weighted by molar-refractivity contribution is 0.0993. The zero-order valence-corrected chi connectivity index (χ0v) is 20.3. The molecule has 0 bridgehead atoms. The van der Waals surface area contributed by atoms with Gasteiger partial charge in [-0.05, 0) is 48.4 Å². The summed E-state index contributed by atoms with van der Waals surface area (Å²) in [6, 6.07) is 12.7. The van der Waals surface area contributed by atoms with Gasteiger partial charge in [-0.15, -0.1) is 0 Å². The van der Waals surface area contributed by atoms with E-state index in [-0.39, 0.29) is 37.7 Å². The van der Waals surface area contributed by atoms with E-state index in [1.807, 2.05) is 0 Å². The molecule has 0 saturated carbocycles. The second kappa shape index (κ2) is 11.5. The van der Waals surface area contributed by atoms with Crippen molar-refractivity contribution in [3.63, 3.8) is 0 Å².